The Morgan fingerprint density at radius 1 is 2.00 bits per heavy atom. The Balaban J connectivity index is 3.13. The summed E-state index contributed by atoms with van der Waals surface area (Å²) in [5.74, 6) is 0. The van der Waals surface area contributed by atoms with E-state index in [4.69, 9.17) is 5.26 Å². The van der Waals surface area contributed by atoms with Crippen LogP contribution in [0.1, 0.15) is 0 Å². The Kier molecular flexibility index (Phi) is 4.32. The van der Waals surface area contributed by atoms with E-state index in [9.17, 15) is 4.70 Å². The van der Waals surface area contributed by atoms with Crippen LogP contribution in [0.15, 0.2) is 4.99 Å². The molecule has 0 atom stereocenters. The monoisotopic (exact) mass is 94.0 g/mol. The molecule has 0 aliphatic rings. The number of hydrogen-bond acceptors (Lipinski definition) is 3. The van der Waals surface area contributed by atoms with Crippen molar-refractivity contribution in [3.63, 3.8) is 0 Å². The first kappa shape index (κ1) is 6.02. The normalized spacial score (nSPS) is 7.86. The van der Waals surface area contributed by atoms with Crippen molar-refractivity contribution in [2.45, 2.75) is 0 Å². The van der Waals surface area contributed by atoms with Gasteiger partial charge in [-0.1, -0.05) is 0 Å². The predicted molar refractivity (Wildman–Crippen MR) is 25.4 cm³/mol. The van der Waals surface area contributed by atoms with Crippen molar-refractivity contribution < 1.29 is 4.70 Å². The van der Waals surface area contributed by atoms with Crippen LogP contribution in [0.2, 0.25) is 0 Å². The van der Waals surface area contributed by atoms with E-state index in [2.05, 4.69) is 4.99 Å². The quantitative estimate of drug-likeness (QED) is 0.265. The zero-order valence-corrected chi connectivity index (χ0v) is 3.66. The standard InChI is InChI=1S/C3H3BN2O/c5-1-2-6-3-4-7/h3H,2H2/b6-3-. The number of nitrogens with zero attached hydrogens (tertiary/aromatic N) is 2. The van der Waals surface area contributed by atoms with Gasteiger partial charge in [-0.25, -0.2) is 0 Å². The number of aliphatic imine (C=N–C) groups is 1. The van der Waals surface area contributed by atoms with Gasteiger partial charge in [0.1, 0.15) is 0 Å². The van der Waals surface area contributed by atoms with Gasteiger partial charge in [0.05, 0.1) is 0 Å². The fraction of sp³-hybridized carbons (Fsp3) is 0.333. The molecule has 0 N–H and O–H groups in total. The summed E-state index contributed by atoms with van der Waals surface area (Å²) >= 11 is 0. The molecule has 0 saturated heterocycles. The predicted octanol–water partition coefficient (Wildman–Crippen LogP) is -0.412. The van der Waals surface area contributed by atoms with Crippen molar-refractivity contribution in [2.24, 2.45) is 4.99 Å². The van der Waals surface area contributed by atoms with E-state index in [1.165, 1.54) is 0 Å². The number of rotatable bonds is 2. The third-order valence-corrected chi connectivity index (χ3v) is 0.328. The van der Waals surface area contributed by atoms with Gasteiger partial charge in [-0.3, -0.25) is 0 Å². The van der Waals surface area contributed by atoms with E-state index in [1.54, 1.807) is 6.07 Å². The molecule has 0 saturated carbocycles. The van der Waals surface area contributed by atoms with Crippen LogP contribution in [-0.4, -0.2) is 19.8 Å². The molecule has 34 valence electrons. The molecule has 7 heavy (non-hydrogen) atoms. The molecule has 0 rings (SSSR count). The number of nitriles is 1. The molecule has 0 aromatic rings. The van der Waals surface area contributed by atoms with Gasteiger partial charge in [0, 0.05) is 0 Å². The van der Waals surface area contributed by atoms with Gasteiger partial charge < -0.3 is 0 Å². The molecule has 0 spiro atoms. The minimum atomic E-state index is 0.0682. The Morgan fingerprint density at radius 3 is 3.14 bits per heavy atom. The molecule has 3 nitrogen and oxygen atoms in total. The molecular formula is C3H3BN2O. The second-order valence-electron chi connectivity index (χ2n) is 0.784. The van der Waals surface area contributed by atoms with E-state index in [-0.39, 0.29) is 6.54 Å². The first-order valence-corrected chi connectivity index (χ1v) is 1.72. The van der Waals surface area contributed by atoms with Crippen molar-refractivity contribution in [3.8, 4) is 6.07 Å². The zero-order valence-electron chi connectivity index (χ0n) is 3.66. The van der Waals surface area contributed by atoms with Gasteiger partial charge in [-0.05, 0) is 0 Å². The van der Waals surface area contributed by atoms with E-state index in [0.717, 1.165) is 6.11 Å². The molecule has 4 heteroatoms. The van der Waals surface area contributed by atoms with Crippen LogP contribution in [0.25, 0.3) is 0 Å². The third kappa shape index (κ3) is 5.02. The van der Waals surface area contributed by atoms with E-state index < -0.39 is 0 Å². The van der Waals surface area contributed by atoms with E-state index in [1.807, 2.05) is 0 Å². The number of hydrogen-bond donors (Lipinski definition) is 0. The van der Waals surface area contributed by atoms with Crippen molar-refractivity contribution >= 4 is 13.3 Å². The van der Waals surface area contributed by atoms with Gasteiger partial charge in [-0.15, -0.1) is 0 Å². The third-order valence-electron chi connectivity index (χ3n) is 0.328. The second kappa shape index (κ2) is 5.02. The fourth-order valence-corrected chi connectivity index (χ4v) is 0.137. The van der Waals surface area contributed by atoms with Crippen LogP contribution in [0.5, 0.6) is 0 Å². The molecule has 0 heterocycles. The Labute approximate surface area is 41.9 Å². The SMILES string of the molecule is N#CC/N=C\B=O. The maximum atomic E-state index is 9.42. The van der Waals surface area contributed by atoms with Crippen molar-refractivity contribution in [1.82, 2.24) is 0 Å². The Bertz CT molecular complexity index is 115. The van der Waals surface area contributed by atoms with E-state index >= 15 is 0 Å². The summed E-state index contributed by atoms with van der Waals surface area (Å²) in [5.41, 5.74) is 0. The molecular weight excluding hydrogens is 90.9 g/mol. The van der Waals surface area contributed by atoms with Gasteiger partial charge in [0.15, 0.2) is 0 Å². The molecule has 0 amide bonds. The summed E-state index contributed by atoms with van der Waals surface area (Å²) in [6, 6.07) is 1.75. The van der Waals surface area contributed by atoms with Crippen molar-refractivity contribution in [3.05, 3.63) is 0 Å². The summed E-state index contributed by atoms with van der Waals surface area (Å²) in [6.45, 7) is 0.0682. The van der Waals surface area contributed by atoms with Crippen molar-refractivity contribution in [1.29, 1.82) is 5.26 Å². The van der Waals surface area contributed by atoms with Crippen LogP contribution >= 0.6 is 0 Å². The zero-order chi connectivity index (χ0) is 5.54. The molecule has 0 fully saturated rings. The summed E-state index contributed by atoms with van der Waals surface area (Å²) < 4.78 is 9.42. The topological polar surface area (TPSA) is 53.2 Å². The molecule has 0 aliphatic heterocycles. The second-order valence-corrected chi connectivity index (χ2v) is 0.784. The fourth-order valence-electron chi connectivity index (χ4n) is 0.137. The van der Waals surface area contributed by atoms with Gasteiger partial charge in [-0.2, -0.15) is 0 Å². The summed E-state index contributed by atoms with van der Waals surface area (Å²) in [5, 5.41) is 7.81. The van der Waals surface area contributed by atoms with Crippen LogP contribution < -0.4 is 0 Å². The molecule has 0 aliphatic carbocycles. The summed E-state index contributed by atoms with van der Waals surface area (Å²) in [7, 11) is 0.539. The average molecular weight is 93.9 g/mol. The van der Waals surface area contributed by atoms with Gasteiger partial charge in [0.25, 0.3) is 0 Å². The summed E-state index contributed by atoms with van der Waals surface area (Å²) in [6.07, 6.45) is 1.06. The van der Waals surface area contributed by atoms with Crippen LogP contribution in [-0.2, 0) is 4.70 Å². The van der Waals surface area contributed by atoms with Gasteiger partial charge >= 0.3 is 40.8 Å². The van der Waals surface area contributed by atoms with Crippen LogP contribution in [0.3, 0.4) is 0 Å². The molecule has 0 bridgehead atoms. The average Bonchev–Trinajstić information content (AvgIpc) is 1.69. The molecule has 0 aromatic heterocycles. The van der Waals surface area contributed by atoms with Gasteiger partial charge in [0.2, 0.25) is 0 Å². The molecule has 0 radical (unpaired) electrons. The first-order valence-electron chi connectivity index (χ1n) is 1.72. The van der Waals surface area contributed by atoms with Crippen molar-refractivity contribution in [2.75, 3.05) is 6.54 Å². The Morgan fingerprint density at radius 2 is 2.71 bits per heavy atom. The minimum absolute atomic E-state index is 0.0682. The molecule has 0 unspecified atom stereocenters. The molecule has 0 aromatic carbocycles. The van der Waals surface area contributed by atoms with Crippen LogP contribution in [0, 0.1) is 11.3 Å². The van der Waals surface area contributed by atoms with E-state index in [0.29, 0.717) is 7.15 Å². The first-order chi connectivity index (χ1) is 3.41. The van der Waals surface area contributed by atoms with Crippen LogP contribution in [0.4, 0.5) is 0 Å². The summed E-state index contributed by atoms with van der Waals surface area (Å²) in [4.78, 5) is 3.35. The Hall–Kier alpha value is -0.975. The maximum absolute atomic E-state index is 9.42.